The Morgan fingerprint density at radius 3 is 2.33 bits per heavy atom. The van der Waals surface area contributed by atoms with Crippen LogP contribution in [0.15, 0.2) is 34.5 Å². The number of nitrogens with zero attached hydrogens (tertiary/aromatic N) is 2. The second kappa shape index (κ2) is 6.67. The maximum atomic E-state index is 5.10. The van der Waals surface area contributed by atoms with E-state index in [1.54, 1.807) is 13.3 Å². The van der Waals surface area contributed by atoms with Gasteiger partial charge >= 0.3 is 0 Å². The minimum atomic E-state index is -0.0604. The maximum absolute atomic E-state index is 5.10. The molecule has 0 unspecified atom stereocenters. The monoisotopic (exact) mass is 228 g/mol. The Bertz CT molecular complexity index is 344. The Balaban J connectivity index is 0.00000196. The fourth-order valence-corrected chi connectivity index (χ4v) is 0.852. The fraction of sp³-hybridized carbons (Fsp3) is 0.111. The number of benzene rings is 1. The summed E-state index contributed by atoms with van der Waals surface area (Å²) in [5.74, 6) is 0.735. The second-order valence-corrected chi connectivity index (χ2v) is 2.54. The van der Waals surface area contributed by atoms with Crippen molar-refractivity contribution in [2.24, 2.45) is 21.7 Å². The predicted molar refractivity (Wildman–Crippen MR) is 63.6 cm³/mol. The number of hydrogen-bond donors (Lipinski definition) is 2. The minimum Gasteiger partial charge on any atom is -0.497 e. The van der Waals surface area contributed by atoms with Crippen LogP contribution in [0.4, 0.5) is 0 Å². The Morgan fingerprint density at radius 2 is 1.87 bits per heavy atom. The standard InChI is InChI=1S/C9H12N4O.ClH/c1-14-8-4-2-7(3-5-8)6-12-13-9(10)11;/h2-6H,1H3,(H4,10,11,13);1H/b12-6+;. The molecule has 15 heavy (non-hydrogen) atoms. The van der Waals surface area contributed by atoms with Crippen LogP contribution in [0, 0.1) is 0 Å². The molecule has 1 aromatic rings. The molecule has 0 radical (unpaired) electrons. The Kier molecular flexibility index (Phi) is 5.89. The molecule has 6 heteroatoms. The summed E-state index contributed by atoms with van der Waals surface area (Å²) in [6, 6.07) is 7.36. The number of methoxy groups -OCH3 is 1. The summed E-state index contributed by atoms with van der Waals surface area (Å²) in [5, 5.41) is 7.14. The van der Waals surface area contributed by atoms with Crippen molar-refractivity contribution >= 4 is 24.6 Å². The molecule has 0 atom stereocenters. The summed E-state index contributed by atoms with van der Waals surface area (Å²) in [7, 11) is 1.61. The first kappa shape index (κ1) is 13.2. The molecule has 0 saturated heterocycles. The van der Waals surface area contributed by atoms with E-state index >= 15 is 0 Å². The number of rotatable bonds is 3. The first-order chi connectivity index (χ1) is 6.72. The van der Waals surface area contributed by atoms with Crippen LogP contribution in [-0.2, 0) is 0 Å². The third-order valence-electron chi connectivity index (χ3n) is 1.50. The van der Waals surface area contributed by atoms with E-state index in [0.717, 1.165) is 11.3 Å². The van der Waals surface area contributed by atoms with Gasteiger partial charge in [-0.1, -0.05) is 0 Å². The van der Waals surface area contributed by atoms with Crippen molar-refractivity contribution in [1.29, 1.82) is 0 Å². The molecule has 0 aromatic heterocycles. The Hall–Kier alpha value is -1.75. The normalized spacial score (nSPS) is 9.40. The number of halogens is 1. The summed E-state index contributed by atoms with van der Waals surface area (Å²) in [5.41, 5.74) is 11.1. The average Bonchev–Trinajstić information content (AvgIpc) is 2.18. The molecule has 0 aliphatic heterocycles. The Morgan fingerprint density at radius 1 is 1.27 bits per heavy atom. The maximum Gasteiger partial charge on any atom is 0.211 e. The molecule has 0 fully saturated rings. The van der Waals surface area contributed by atoms with E-state index in [1.165, 1.54) is 0 Å². The van der Waals surface area contributed by atoms with Crippen molar-refractivity contribution in [2.75, 3.05) is 7.11 Å². The first-order valence-electron chi connectivity index (χ1n) is 3.98. The number of guanidine groups is 1. The van der Waals surface area contributed by atoms with Gasteiger partial charge in [-0.3, -0.25) is 0 Å². The van der Waals surface area contributed by atoms with Gasteiger partial charge in [0.25, 0.3) is 0 Å². The third kappa shape index (κ3) is 4.87. The lowest BCUT2D eigenvalue weighted by Crippen LogP contribution is -2.21. The van der Waals surface area contributed by atoms with Gasteiger partial charge in [-0.2, -0.15) is 5.10 Å². The van der Waals surface area contributed by atoms with Crippen molar-refractivity contribution in [2.45, 2.75) is 0 Å². The molecule has 0 amide bonds. The molecular weight excluding hydrogens is 216 g/mol. The van der Waals surface area contributed by atoms with Gasteiger partial charge in [0, 0.05) is 0 Å². The SMILES string of the molecule is COc1ccc(/C=N/N=C(N)N)cc1.Cl. The highest BCUT2D eigenvalue weighted by molar-refractivity contribution is 5.85. The van der Waals surface area contributed by atoms with E-state index in [4.69, 9.17) is 16.2 Å². The molecule has 0 bridgehead atoms. The summed E-state index contributed by atoms with van der Waals surface area (Å²) < 4.78 is 5.00. The van der Waals surface area contributed by atoms with E-state index < -0.39 is 0 Å². The zero-order valence-corrected chi connectivity index (χ0v) is 9.07. The first-order valence-corrected chi connectivity index (χ1v) is 3.98. The molecular formula is C9H13ClN4O. The molecule has 82 valence electrons. The van der Waals surface area contributed by atoms with E-state index in [2.05, 4.69) is 10.2 Å². The molecule has 1 aromatic carbocycles. The van der Waals surface area contributed by atoms with Crippen LogP contribution < -0.4 is 16.2 Å². The predicted octanol–water partition coefficient (Wildman–Crippen LogP) is 0.724. The van der Waals surface area contributed by atoms with Gasteiger partial charge in [-0.25, -0.2) is 0 Å². The number of hydrogen-bond acceptors (Lipinski definition) is 3. The molecule has 1 rings (SSSR count). The lowest BCUT2D eigenvalue weighted by Gasteiger charge is -1.97. The quantitative estimate of drug-likeness (QED) is 0.454. The van der Waals surface area contributed by atoms with Gasteiger partial charge in [0.1, 0.15) is 5.75 Å². The van der Waals surface area contributed by atoms with Crippen molar-refractivity contribution in [1.82, 2.24) is 0 Å². The van der Waals surface area contributed by atoms with E-state index in [0.29, 0.717) is 0 Å². The van der Waals surface area contributed by atoms with Gasteiger partial charge in [0.15, 0.2) is 0 Å². The zero-order valence-electron chi connectivity index (χ0n) is 8.25. The zero-order chi connectivity index (χ0) is 10.4. The smallest absolute Gasteiger partial charge is 0.211 e. The molecule has 4 N–H and O–H groups in total. The number of nitrogens with two attached hydrogens (primary N) is 2. The van der Waals surface area contributed by atoms with Crippen molar-refractivity contribution in [3.05, 3.63) is 29.8 Å². The minimum absolute atomic E-state index is 0. The van der Waals surface area contributed by atoms with Crippen LogP contribution >= 0.6 is 12.4 Å². The van der Waals surface area contributed by atoms with E-state index in [1.807, 2.05) is 24.3 Å². The fourth-order valence-electron chi connectivity index (χ4n) is 0.852. The topological polar surface area (TPSA) is 86.0 Å². The van der Waals surface area contributed by atoms with Crippen LogP contribution in [0.25, 0.3) is 0 Å². The summed E-state index contributed by atoms with van der Waals surface area (Å²) in [6.45, 7) is 0. The molecule has 0 spiro atoms. The number of ether oxygens (including phenoxy) is 1. The molecule has 0 saturated carbocycles. The van der Waals surface area contributed by atoms with Crippen LogP contribution in [0.2, 0.25) is 0 Å². The average molecular weight is 229 g/mol. The molecule has 0 aliphatic carbocycles. The highest BCUT2D eigenvalue weighted by Gasteiger charge is 1.89. The second-order valence-electron chi connectivity index (χ2n) is 2.54. The van der Waals surface area contributed by atoms with Gasteiger partial charge in [-0.15, -0.1) is 17.5 Å². The summed E-state index contributed by atoms with van der Waals surface area (Å²) in [4.78, 5) is 0. The van der Waals surface area contributed by atoms with Gasteiger partial charge in [0.05, 0.1) is 13.3 Å². The highest BCUT2D eigenvalue weighted by atomic mass is 35.5. The Labute approximate surface area is 94.2 Å². The van der Waals surface area contributed by atoms with Gasteiger partial charge < -0.3 is 16.2 Å². The van der Waals surface area contributed by atoms with Gasteiger partial charge in [0.2, 0.25) is 5.96 Å². The van der Waals surface area contributed by atoms with Gasteiger partial charge in [-0.05, 0) is 29.8 Å². The lowest BCUT2D eigenvalue weighted by molar-refractivity contribution is 0.415. The van der Waals surface area contributed by atoms with E-state index in [-0.39, 0.29) is 18.4 Å². The van der Waals surface area contributed by atoms with E-state index in [9.17, 15) is 0 Å². The summed E-state index contributed by atoms with van der Waals surface area (Å²) >= 11 is 0. The molecule has 5 nitrogen and oxygen atoms in total. The van der Waals surface area contributed by atoms with Crippen LogP contribution in [-0.4, -0.2) is 19.3 Å². The largest absolute Gasteiger partial charge is 0.497 e. The van der Waals surface area contributed by atoms with Crippen molar-refractivity contribution < 1.29 is 4.74 Å². The highest BCUT2D eigenvalue weighted by Crippen LogP contribution is 2.09. The van der Waals surface area contributed by atoms with Crippen molar-refractivity contribution in [3.63, 3.8) is 0 Å². The van der Waals surface area contributed by atoms with Crippen molar-refractivity contribution in [3.8, 4) is 5.75 Å². The third-order valence-corrected chi connectivity index (χ3v) is 1.50. The van der Waals surface area contributed by atoms with Crippen LogP contribution in [0.1, 0.15) is 5.56 Å². The molecule has 0 heterocycles. The lowest BCUT2D eigenvalue weighted by atomic mass is 10.2. The van der Waals surface area contributed by atoms with Crippen LogP contribution in [0.3, 0.4) is 0 Å². The summed E-state index contributed by atoms with van der Waals surface area (Å²) in [6.07, 6.45) is 1.55. The molecule has 0 aliphatic rings. The van der Waals surface area contributed by atoms with Crippen LogP contribution in [0.5, 0.6) is 5.75 Å².